The van der Waals surface area contributed by atoms with Gasteiger partial charge in [0.05, 0.1) is 12.7 Å². The second kappa shape index (κ2) is 4.65. The van der Waals surface area contributed by atoms with E-state index in [1.807, 2.05) is 0 Å². The van der Waals surface area contributed by atoms with Gasteiger partial charge in [-0.3, -0.25) is 9.78 Å². The summed E-state index contributed by atoms with van der Waals surface area (Å²) in [6.07, 6.45) is -1.69. The molecular formula is C9H13N3O4S. The molecule has 7 nitrogen and oxygen atoms in total. The van der Waals surface area contributed by atoms with Gasteiger partial charge in [-0.05, 0) is 19.1 Å². The van der Waals surface area contributed by atoms with Gasteiger partial charge < -0.3 is 14.9 Å². The molecule has 1 unspecified atom stereocenters. The number of nitrogens with zero attached hydrogens (tertiary/aromatic N) is 2. The van der Waals surface area contributed by atoms with Crippen LogP contribution in [0.15, 0.2) is 4.79 Å². The summed E-state index contributed by atoms with van der Waals surface area (Å²) in [5, 5.41) is 22.6. The maximum absolute atomic E-state index is 11.3. The molecule has 1 aliphatic heterocycles. The summed E-state index contributed by atoms with van der Waals surface area (Å²) in [6.45, 7) is 1.28. The highest BCUT2D eigenvalue weighted by Gasteiger charge is 2.35. The molecule has 3 N–H and O–H groups in total. The zero-order chi connectivity index (χ0) is 12.6. The molecule has 0 bridgehead atoms. The molecule has 1 aromatic heterocycles. The van der Waals surface area contributed by atoms with Crippen molar-refractivity contribution in [2.24, 2.45) is 0 Å². The van der Waals surface area contributed by atoms with Crippen molar-refractivity contribution in [2.75, 3.05) is 6.61 Å². The van der Waals surface area contributed by atoms with Crippen LogP contribution in [-0.2, 0) is 4.74 Å². The van der Waals surface area contributed by atoms with Crippen LogP contribution in [0.1, 0.15) is 18.3 Å². The van der Waals surface area contributed by atoms with Gasteiger partial charge in [-0.15, -0.1) is 0 Å². The van der Waals surface area contributed by atoms with E-state index in [1.165, 1.54) is 4.68 Å². The number of aliphatic hydroxyl groups is 2. The van der Waals surface area contributed by atoms with E-state index in [-0.39, 0.29) is 29.1 Å². The Hall–Kier alpha value is -1.09. The number of hydrogen-bond donors (Lipinski definition) is 3. The second-order valence-electron chi connectivity index (χ2n) is 3.90. The van der Waals surface area contributed by atoms with Crippen molar-refractivity contribution < 1.29 is 14.9 Å². The van der Waals surface area contributed by atoms with E-state index in [1.54, 1.807) is 6.92 Å². The number of aromatic nitrogens is 3. The van der Waals surface area contributed by atoms with Gasteiger partial charge in [-0.25, -0.2) is 4.68 Å². The molecule has 2 rings (SSSR count). The molecule has 0 spiro atoms. The van der Waals surface area contributed by atoms with Crippen molar-refractivity contribution in [1.29, 1.82) is 0 Å². The number of nitrogens with one attached hydrogen (secondary N) is 1. The van der Waals surface area contributed by atoms with Gasteiger partial charge in [0.2, 0.25) is 0 Å². The highest BCUT2D eigenvalue weighted by atomic mass is 32.1. The van der Waals surface area contributed by atoms with E-state index in [2.05, 4.69) is 10.1 Å². The zero-order valence-electron chi connectivity index (χ0n) is 9.16. The first-order valence-corrected chi connectivity index (χ1v) is 5.58. The highest BCUT2D eigenvalue weighted by Crippen LogP contribution is 2.27. The van der Waals surface area contributed by atoms with Gasteiger partial charge in [0, 0.05) is 6.42 Å². The number of hydrogen-bond acceptors (Lipinski definition) is 6. The van der Waals surface area contributed by atoms with Crippen molar-refractivity contribution in [3.63, 3.8) is 0 Å². The monoisotopic (exact) mass is 259 g/mol. The highest BCUT2D eigenvalue weighted by molar-refractivity contribution is 7.71. The van der Waals surface area contributed by atoms with Gasteiger partial charge in [0.25, 0.3) is 5.56 Å². The van der Waals surface area contributed by atoms with Crippen LogP contribution in [0.5, 0.6) is 0 Å². The average Bonchev–Trinajstić information content (AvgIpc) is 2.65. The van der Waals surface area contributed by atoms with Crippen molar-refractivity contribution in [2.45, 2.75) is 31.8 Å². The summed E-state index contributed by atoms with van der Waals surface area (Å²) >= 11 is 4.97. The lowest BCUT2D eigenvalue weighted by atomic mass is 10.2. The fraction of sp³-hybridized carbons (Fsp3) is 0.667. The van der Waals surface area contributed by atoms with E-state index >= 15 is 0 Å². The van der Waals surface area contributed by atoms with E-state index in [0.29, 0.717) is 0 Å². The van der Waals surface area contributed by atoms with Crippen LogP contribution in [0, 0.1) is 11.7 Å². The summed E-state index contributed by atoms with van der Waals surface area (Å²) in [5.74, 6) is 0. The molecule has 94 valence electrons. The largest absolute Gasteiger partial charge is 0.394 e. The van der Waals surface area contributed by atoms with Gasteiger partial charge in [0.15, 0.2) is 11.0 Å². The number of rotatable bonds is 2. The topological polar surface area (TPSA) is 100 Å². The number of aryl methyl sites for hydroxylation is 1. The fourth-order valence-corrected chi connectivity index (χ4v) is 1.97. The Morgan fingerprint density at radius 3 is 3.00 bits per heavy atom. The Labute approximate surface area is 102 Å². The number of ether oxygens (including phenoxy) is 1. The smallest absolute Gasteiger partial charge is 0.273 e. The lowest BCUT2D eigenvalue weighted by Gasteiger charge is -2.14. The standard InChI is InChI=1S/C9H13N3O4S/c1-4-8(15)10-9(17)12(11-4)7-2-5(14)6(3-13)16-7/h5-7,13-14H,2-3H2,1H3,(H,10,15,17)/t5?,6-,7-/m1/s1. The molecule has 17 heavy (non-hydrogen) atoms. The molecule has 1 saturated heterocycles. The van der Waals surface area contributed by atoms with Gasteiger partial charge in [-0.1, -0.05) is 0 Å². The first-order valence-electron chi connectivity index (χ1n) is 5.17. The second-order valence-corrected chi connectivity index (χ2v) is 4.29. The third kappa shape index (κ3) is 2.29. The Morgan fingerprint density at radius 1 is 1.71 bits per heavy atom. The fourth-order valence-electron chi connectivity index (χ4n) is 1.72. The number of H-pyrrole nitrogens is 1. The minimum atomic E-state index is -0.763. The van der Waals surface area contributed by atoms with Crippen LogP contribution >= 0.6 is 12.2 Å². The number of aliphatic hydroxyl groups excluding tert-OH is 2. The van der Waals surface area contributed by atoms with E-state index < -0.39 is 18.4 Å². The molecule has 0 aliphatic carbocycles. The van der Waals surface area contributed by atoms with Crippen LogP contribution in [-0.4, -0.2) is 43.8 Å². The first-order chi connectivity index (χ1) is 8.02. The summed E-state index contributed by atoms with van der Waals surface area (Å²) in [4.78, 5) is 13.7. The predicted molar refractivity (Wildman–Crippen MR) is 60.0 cm³/mol. The van der Waals surface area contributed by atoms with Crippen molar-refractivity contribution >= 4 is 12.2 Å². The minimum absolute atomic E-state index is 0.136. The molecule has 1 aliphatic rings. The number of aromatic amines is 1. The lowest BCUT2D eigenvalue weighted by Crippen LogP contribution is -2.25. The molecule has 0 aromatic carbocycles. The van der Waals surface area contributed by atoms with Gasteiger partial charge in [0.1, 0.15) is 11.8 Å². The molecule has 0 radical (unpaired) electrons. The molecule has 0 amide bonds. The van der Waals surface area contributed by atoms with Gasteiger partial charge >= 0.3 is 0 Å². The predicted octanol–water partition coefficient (Wildman–Crippen LogP) is -0.750. The lowest BCUT2D eigenvalue weighted by molar-refractivity contribution is -0.0500. The molecule has 8 heteroatoms. The molecule has 3 atom stereocenters. The maximum atomic E-state index is 11.3. The van der Waals surface area contributed by atoms with Crippen LogP contribution in [0.2, 0.25) is 0 Å². The first kappa shape index (κ1) is 12.4. The normalized spacial score (nSPS) is 28.5. The summed E-state index contributed by atoms with van der Waals surface area (Å²) < 4.78 is 6.87. The Balaban J connectivity index is 2.34. The molecule has 2 heterocycles. The maximum Gasteiger partial charge on any atom is 0.273 e. The minimum Gasteiger partial charge on any atom is -0.394 e. The SMILES string of the molecule is Cc1nn([C@H]2CC(O)[C@@H](CO)O2)c(=S)[nH]c1=O. The third-order valence-corrected chi connectivity index (χ3v) is 2.96. The van der Waals surface area contributed by atoms with Crippen molar-refractivity contribution in [1.82, 2.24) is 14.8 Å². The van der Waals surface area contributed by atoms with Gasteiger partial charge in [-0.2, -0.15) is 5.10 Å². The Morgan fingerprint density at radius 2 is 2.41 bits per heavy atom. The van der Waals surface area contributed by atoms with Crippen LogP contribution in [0.4, 0.5) is 0 Å². The average molecular weight is 259 g/mol. The quantitative estimate of drug-likeness (QED) is 0.604. The summed E-state index contributed by atoms with van der Waals surface area (Å²) in [6, 6.07) is 0. The van der Waals surface area contributed by atoms with E-state index in [9.17, 15) is 9.90 Å². The molecule has 1 aromatic rings. The van der Waals surface area contributed by atoms with E-state index in [4.69, 9.17) is 22.1 Å². The van der Waals surface area contributed by atoms with Crippen LogP contribution in [0.3, 0.4) is 0 Å². The van der Waals surface area contributed by atoms with Crippen molar-refractivity contribution in [3.8, 4) is 0 Å². The molecule has 0 saturated carbocycles. The molecule has 1 fully saturated rings. The summed E-state index contributed by atoms with van der Waals surface area (Å²) in [7, 11) is 0. The Bertz CT molecular complexity index is 526. The Kier molecular flexibility index (Phi) is 3.38. The molecular weight excluding hydrogens is 246 g/mol. The third-order valence-electron chi connectivity index (χ3n) is 2.67. The van der Waals surface area contributed by atoms with Crippen LogP contribution in [0.25, 0.3) is 0 Å². The van der Waals surface area contributed by atoms with Crippen molar-refractivity contribution in [3.05, 3.63) is 20.8 Å². The summed E-state index contributed by atoms with van der Waals surface area (Å²) in [5.41, 5.74) is -0.0763. The zero-order valence-corrected chi connectivity index (χ0v) is 9.98. The van der Waals surface area contributed by atoms with Crippen LogP contribution < -0.4 is 5.56 Å². The van der Waals surface area contributed by atoms with E-state index in [0.717, 1.165) is 0 Å².